The van der Waals surface area contributed by atoms with E-state index in [9.17, 15) is 10.2 Å². The van der Waals surface area contributed by atoms with Crippen LogP contribution in [-0.4, -0.2) is 10.2 Å². The molecule has 22 heavy (non-hydrogen) atoms. The number of rotatable bonds is 5. The van der Waals surface area contributed by atoms with Crippen molar-refractivity contribution >= 4 is 0 Å². The van der Waals surface area contributed by atoms with Gasteiger partial charge in [0, 0.05) is 5.41 Å². The van der Waals surface area contributed by atoms with Crippen molar-refractivity contribution in [2.75, 3.05) is 0 Å². The number of benzene rings is 2. The molecule has 0 spiro atoms. The first kappa shape index (κ1) is 16.4. The third kappa shape index (κ3) is 2.96. The van der Waals surface area contributed by atoms with Crippen molar-refractivity contribution in [2.24, 2.45) is 11.8 Å². The number of aromatic hydroxyl groups is 2. The van der Waals surface area contributed by atoms with Gasteiger partial charge in [-0.2, -0.15) is 0 Å². The van der Waals surface area contributed by atoms with Gasteiger partial charge in [0.25, 0.3) is 0 Å². The number of hydrogen-bond donors (Lipinski definition) is 2. The van der Waals surface area contributed by atoms with Crippen molar-refractivity contribution in [1.29, 1.82) is 0 Å². The molecule has 2 aromatic rings. The quantitative estimate of drug-likeness (QED) is 0.807. The van der Waals surface area contributed by atoms with Crippen LogP contribution in [0.15, 0.2) is 48.5 Å². The van der Waals surface area contributed by atoms with Gasteiger partial charge in [0.1, 0.15) is 11.5 Å². The minimum Gasteiger partial charge on any atom is -0.508 e. The molecule has 118 valence electrons. The normalized spacial score (nSPS) is 14.5. The molecule has 0 aliphatic rings. The van der Waals surface area contributed by atoms with Gasteiger partial charge in [0.15, 0.2) is 0 Å². The van der Waals surface area contributed by atoms with Crippen LogP contribution in [0.1, 0.15) is 45.2 Å². The van der Waals surface area contributed by atoms with Gasteiger partial charge in [-0.15, -0.1) is 0 Å². The van der Waals surface area contributed by atoms with E-state index in [4.69, 9.17) is 0 Å². The predicted molar refractivity (Wildman–Crippen MR) is 91.3 cm³/mol. The maximum atomic E-state index is 9.59. The SMILES string of the molecule is CCC(C)C(C)C(C)(c1ccc(O)cc1)c1ccc(O)cc1. The number of phenolic OH excluding ortho intramolecular Hbond substituents is 2. The molecule has 2 nitrogen and oxygen atoms in total. The Balaban J connectivity index is 2.57. The van der Waals surface area contributed by atoms with Gasteiger partial charge in [-0.3, -0.25) is 0 Å². The van der Waals surface area contributed by atoms with E-state index in [-0.39, 0.29) is 16.9 Å². The topological polar surface area (TPSA) is 40.5 Å². The lowest BCUT2D eigenvalue weighted by molar-refractivity contribution is 0.262. The molecule has 2 unspecified atom stereocenters. The highest BCUT2D eigenvalue weighted by Gasteiger charge is 2.37. The van der Waals surface area contributed by atoms with Crippen molar-refractivity contribution in [3.8, 4) is 11.5 Å². The summed E-state index contributed by atoms with van der Waals surface area (Å²) in [7, 11) is 0. The van der Waals surface area contributed by atoms with Gasteiger partial charge in [0.2, 0.25) is 0 Å². The highest BCUT2D eigenvalue weighted by atomic mass is 16.3. The van der Waals surface area contributed by atoms with E-state index >= 15 is 0 Å². The van der Waals surface area contributed by atoms with Crippen LogP contribution in [0.4, 0.5) is 0 Å². The zero-order valence-electron chi connectivity index (χ0n) is 13.9. The summed E-state index contributed by atoms with van der Waals surface area (Å²) in [5.74, 6) is 1.56. The Kier molecular flexibility index (Phi) is 4.80. The highest BCUT2D eigenvalue weighted by Crippen LogP contribution is 2.43. The van der Waals surface area contributed by atoms with E-state index in [1.165, 1.54) is 11.1 Å². The fourth-order valence-corrected chi connectivity index (χ4v) is 3.23. The van der Waals surface area contributed by atoms with Crippen LogP contribution in [0.2, 0.25) is 0 Å². The summed E-state index contributed by atoms with van der Waals surface area (Å²) in [6, 6.07) is 15.0. The van der Waals surface area contributed by atoms with E-state index in [1.807, 2.05) is 24.3 Å². The molecule has 0 radical (unpaired) electrons. The van der Waals surface area contributed by atoms with E-state index in [0.29, 0.717) is 11.8 Å². The lowest BCUT2D eigenvalue weighted by atomic mass is 9.63. The molecule has 0 aromatic heterocycles. The molecule has 2 atom stereocenters. The molecule has 0 bridgehead atoms. The first-order valence-corrected chi connectivity index (χ1v) is 7.98. The average molecular weight is 298 g/mol. The Bertz CT molecular complexity index is 553. The predicted octanol–water partition coefficient (Wildman–Crippen LogP) is 5.09. The zero-order valence-corrected chi connectivity index (χ0v) is 13.9. The molecule has 2 heteroatoms. The summed E-state index contributed by atoms with van der Waals surface area (Å²) in [4.78, 5) is 0. The van der Waals surface area contributed by atoms with Crippen molar-refractivity contribution < 1.29 is 10.2 Å². The summed E-state index contributed by atoms with van der Waals surface area (Å²) in [6.45, 7) is 9.04. The Hall–Kier alpha value is -1.96. The number of hydrogen-bond acceptors (Lipinski definition) is 2. The lowest BCUT2D eigenvalue weighted by Crippen LogP contribution is -2.35. The molecule has 0 amide bonds. The van der Waals surface area contributed by atoms with Crippen LogP contribution < -0.4 is 0 Å². The van der Waals surface area contributed by atoms with Gasteiger partial charge in [-0.25, -0.2) is 0 Å². The second-order valence-electron chi connectivity index (χ2n) is 6.47. The second-order valence-corrected chi connectivity index (χ2v) is 6.47. The second kappa shape index (κ2) is 6.43. The van der Waals surface area contributed by atoms with Crippen molar-refractivity contribution in [3.63, 3.8) is 0 Å². The minimum absolute atomic E-state index is 0.170. The standard InChI is InChI=1S/C20H26O2/c1-5-14(2)15(3)20(4,16-6-10-18(21)11-7-16)17-8-12-19(22)13-9-17/h6-15,21-22H,5H2,1-4H3. The largest absolute Gasteiger partial charge is 0.508 e. The highest BCUT2D eigenvalue weighted by molar-refractivity contribution is 5.43. The van der Waals surface area contributed by atoms with E-state index in [1.54, 1.807) is 24.3 Å². The Morgan fingerprint density at radius 1 is 0.818 bits per heavy atom. The Morgan fingerprint density at radius 3 is 1.50 bits per heavy atom. The third-order valence-electron chi connectivity index (χ3n) is 5.34. The first-order valence-electron chi connectivity index (χ1n) is 7.98. The van der Waals surface area contributed by atoms with Crippen LogP contribution in [-0.2, 0) is 5.41 Å². The molecule has 2 aromatic carbocycles. The van der Waals surface area contributed by atoms with Crippen LogP contribution in [0.25, 0.3) is 0 Å². The van der Waals surface area contributed by atoms with Gasteiger partial charge in [-0.1, -0.05) is 58.4 Å². The van der Waals surface area contributed by atoms with Crippen LogP contribution in [0.5, 0.6) is 11.5 Å². The monoisotopic (exact) mass is 298 g/mol. The molecule has 2 N–H and O–H groups in total. The zero-order chi connectivity index (χ0) is 16.3. The van der Waals surface area contributed by atoms with Crippen molar-refractivity contribution in [1.82, 2.24) is 0 Å². The fourth-order valence-electron chi connectivity index (χ4n) is 3.23. The smallest absolute Gasteiger partial charge is 0.115 e. The maximum Gasteiger partial charge on any atom is 0.115 e. The fraction of sp³-hybridized carbons (Fsp3) is 0.400. The summed E-state index contributed by atoms with van der Waals surface area (Å²) < 4.78 is 0. The van der Waals surface area contributed by atoms with Crippen LogP contribution in [0, 0.1) is 11.8 Å². The molecule has 2 rings (SSSR count). The van der Waals surface area contributed by atoms with Crippen LogP contribution in [0.3, 0.4) is 0 Å². The first-order chi connectivity index (χ1) is 10.4. The van der Waals surface area contributed by atoms with Gasteiger partial charge in [-0.05, 0) is 47.2 Å². The summed E-state index contributed by atoms with van der Waals surface area (Å²) in [6.07, 6.45) is 1.12. The van der Waals surface area contributed by atoms with Gasteiger partial charge >= 0.3 is 0 Å². The Labute approximate surface area is 133 Å². The molecule has 0 heterocycles. The molecule has 0 aliphatic carbocycles. The van der Waals surface area contributed by atoms with E-state index in [2.05, 4.69) is 27.7 Å². The molecule has 0 fully saturated rings. The summed E-state index contributed by atoms with van der Waals surface area (Å²) in [5.41, 5.74) is 2.20. The van der Waals surface area contributed by atoms with Crippen LogP contribution >= 0.6 is 0 Å². The molecular formula is C20H26O2. The lowest BCUT2D eigenvalue weighted by Gasteiger charge is -2.40. The van der Waals surface area contributed by atoms with Crippen molar-refractivity contribution in [2.45, 2.75) is 39.5 Å². The summed E-state index contributed by atoms with van der Waals surface area (Å²) in [5, 5.41) is 19.2. The summed E-state index contributed by atoms with van der Waals surface area (Å²) >= 11 is 0. The van der Waals surface area contributed by atoms with E-state index < -0.39 is 0 Å². The van der Waals surface area contributed by atoms with Gasteiger partial charge in [0.05, 0.1) is 0 Å². The maximum absolute atomic E-state index is 9.59. The average Bonchev–Trinajstić information content (AvgIpc) is 2.54. The molecular weight excluding hydrogens is 272 g/mol. The molecule has 0 saturated heterocycles. The Morgan fingerprint density at radius 2 is 1.18 bits per heavy atom. The van der Waals surface area contributed by atoms with Gasteiger partial charge < -0.3 is 10.2 Å². The minimum atomic E-state index is -0.170. The molecule has 0 aliphatic heterocycles. The van der Waals surface area contributed by atoms with Crippen molar-refractivity contribution in [3.05, 3.63) is 59.7 Å². The molecule has 0 saturated carbocycles. The van der Waals surface area contributed by atoms with E-state index in [0.717, 1.165) is 6.42 Å². The number of phenols is 2. The third-order valence-corrected chi connectivity index (χ3v) is 5.34.